The van der Waals surface area contributed by atoms with Crippen molar-refractivity contribution in [2.75, 3.05) is 6.61 Å². The third kappa shape index (κ3) is 4.91. The summed E-state index contributed by atoms with van der Waals surface area (Å²) >= 11 is 0. The normalized spacial score (nSPS) is 13.7. The third-order valence-corrected chi connectivity index (χ3v) is 3.04. The van der Waals surface area contributed by atoms with Gasteiger partial charge in [0, 0.05) is 17.6 Å². The molecule has 4 heteroatoms. The van der Waals surface area contributed by atoms with E-state index in [0.29, 0.717) is 5.75 Å². The maximum atomic E-state index is 11.7. The minimum absolute atomic E-state index is 0.0213. The summed E-state index contributed by atoms with van der Waals surface area (Å²) in [4.78, 5) is 11.7. The number of aryl methyl sites for hydroxylation is 1. The Morgan fingerprint density at radius 3 is 2.68 bits per heavy atom. The van der Waals surface area contributed by atoms with Crippen LogP contribution in [0, 0.1) is 6.92 Å². The number of carbonyl (C=O) groups excluding carboxylic acids is 1. The van der Waals surface area contributed by atoms with Crippen LogP contribution in [0.1, 0.15) is 44.4 Å². The SMILES string of the molecule is CCC(C)NC(=O)COc1cc(C)ccc1C(C)N. The molecule has 0 heterocycles. The molecular weight excluding hydrogens is 240 g/mol. The molecule has 1 aromatic rings. The number of nitrogens with two attached hydrogens (primary N) is 1. The summed E-state index contributed by atoms with van der Waals surface area (Å²) in [5.74, 6) is 0.584. The highest BCUT2D eigenvalue weighted by Crippen LogP contribution is 2.24. The van der Waals surface area contributed by atoms with Crippen molar-refractivity contribution in [1.82, 2.24) is 5.32 Å². The van der Waals surface area contributed by atoms with Crippen molar-refractivity contribution in [3.8, 4) is 5.75 Å². The first kappa shape index (κ1) is 15.5. The second-order valence-electron chi connectivity index (χ2n) is 5.00. The molecule has 0 saturated heterocycles. The average Bonchev–Trinajstić information content (AvgIpc) is 2.35. The van der Waals surface area contributed by atoms with Crippen LogP contribution in [0.5, 0.6) is 5.75 Å². The van der Waals surface area contributed by atoms with E-state index in [1.807, 2.05) is 45.9 Å². The molecule has 0 aliphatic heterocycles. The van der Waals surface area contributed by atoms with Gasteiger partial charge in [-0.25, -0.2) is 0 Å². The minimum Gasteiger partial charge on any atom is -0.483 e. The Labute approximate surface area is 115 Å². The van der Waals surface area contributed by atoms with Gasteiger partial charge in [0.05, 0.1) is 0 Å². The Morgan fingerprint density at radius 2 is 2.11 bits per heavy atom. The zero-order valence-corrected chi connectivity index (χ0v) is 12.2. The van der Waals surface area contributed by atoms with E-state index in [1.165, 1.54) is 0 Å². The molecule has 3 N–H and O–H groups in total. The van der Waals surface area contributed by atoms with Gasteiger partial charge in [0.2, 0.25) is 0 Å². The summed E-state index contributed by atoms with van der Waals surface area (Å²) in [7, 11) is 0. The van der Waals surface area contributed by atoms with Crippen LogP contribution in [0.25, 0.3) is 0 Å². The van der Waals surface area contributed by atoms with E-state index in [0.717, 1.165) is 17.5 Å². The Morgan fingerprint density at radius 1 is 1.42 bits per heavy atom. The summed E-state index contributed by atoms with van der Waals surface area (Å²) in [5, 5.41) is 2.87. The molecule has 0 aliphatic carbocycles. The lowest BCUT2D eigenvalue weighted by Crippen LogP contribution is -2.35. The van der Waals surface area contributed by atoms with Gasteiger partial charge < -0.3 is 15.8 Å². The third-order valence-electron chi connectivity index (χ3n) is 3.04. The van der Waals surface area contributed by atoms with Gasteiger partial charge in [0.15, 0.2) is 6.61 Å². The first-order valence-electron chi connectivity index (χ1n) is 6.72. The summed E-state index contributed by atoms with van der Waals surface area (Å²) in [6, 6.07) is 5.90. The Hall–Kier alpha value is -1.55. The first-order valence-corrected chi connectivity index (χ1v) is 6.72. The van der Waals surface area contributed by atoms with E-state index >= 15 is 0 Å². The lowest BCUT2D eigenvalue weighted by Gasteiger charge is -2.16. The van der Waals surface area contributed by atoms with Gasteiger partial charge in [0.1, 0.15) is 5.75 Å². The molecule has 0 radical (unpaired) electrons. The molecule has 0 spiro atoms. The molecule has 0 bridgehead atoms. The van der Waals surface area contributed by atoms with Crippen molar-refractivity contribution in [2.45, 2.75) is 46.2 Å². The number of carbonyl (C=O) groups is 1. The molecule has 19 heavy (non-hydrogen) atoms. The maximum absolute atomic E-state index is 11.7. The summed E-state index contributed by atoms with van der Waals surface area (Å²) < 4.78 is 5.59. The molecule has 106 valence electrons. The van der Waals surface area contributed by atoms with Crippen molar-refractivity contribution < 1.29 is 9.53 Å². The molecule has 0 fully saturated rings. The minimum atomic E-state index is -0.117. The van der Waals surface area contributed by atoms with Crippen molar-refractivity contribution >= 4 is 5.91 Å². The Bertz CT molecular complexity index is 430. The highest BCUT2D eigenvalue weighted by molar-refractivity contribution is 5.77. The van der Waals surface area contributed by atoms with E-state index in [2.05, 4.69) is 5.32 Å². The number of hydrogen-bond donors (Lipinski definition) is 2. The maximum Gasteiger partial charge on any atom is 0.258 e. The van der Waals surface area contributed by atoms with Gasteiger partial charge in [-0.1, -0.05) is 19.1 Å². The smallest absolute Gasteiger partial charge is 0.258 e. The quantitative estimate of drug-likeness (QED) is 0.828. The number of nitrogens with one attached hydrogen (secondary N) is 1. The van der Waals surface area contributed by atoms with Crippen LogP contribution in [-0.4, -0.2) is 18.6 Å². The number of amides is 1. The van der Waals surface area contributed by atoms with E-state index < -0.39 is 0 Å². The van der Waals surface area contributed by atoms with Crippen LogP contribution >= 0.6 is 0 Å². The number of rotatable bonds is 6. The average molecular weight is 264 g/mol. The highest BCUT2D eigenvalue weighted by Gasteiger charge is 2.11. The van der Waals surface area contributed by atoms with Crippen LogP contribution in [0.4, 0.5) is 0 Å². The first-order chi connectivity index (χ1) is 8.93. The van der Waals surface area contributed by atoms with Gasteiger partial charge in [-0.05, 0) is 38.8 Å². The molecule has 1 amide bonds. The van der Waals surface area contributed by atoms with Gasteiger partial charge in [-0.3, -0.25) is 4.79 Å². The van der Waals surface area contributed by atoms with E-state index in [1.54, 1.807) is 0 Å². The van der Waals surface area contributed by atoms with Crippen LogP contribution < -0.4 is 15.8 Å². The predicted octanol–water partition coefficient (Wildman–Crippen LogP) is 2.31. The molecule has 1 rings (SSSR count). The topological polar surface area (TPSA) is 64.3 Å². The van der Waals surface area contributed by atoms with Crippen LogP contribution in [-0.2, 0) is 4.79 Å². The summed E-state index contributed by atoms with van der Waals surface area (Å²) in [6.45, 7) is 7.90. The van der Waals surface area contributed by atoms with Crippen molar-refractivity contribution in [3.05, 3.63) is 29.3 Å². The second-order valence-corrected chi connectivity index (χ2v) is 5.00. The van der Waals surface area contributed by atoms with Crippen molar-refractivity contribution in [1.29, 1.82) is 0 Å². The molecule has 1 aromatic carbocycles. The number of hydrogen-bond acceptors (Lipinski definition) is 3. The molecule has 0 aromatic heterocycles. The van der Waals surface area contributed by atoms with Gasteiger partial charge in [-0.15, -0.1) is 0 Å². The van der Waals surface area contributed by atoms with Crippen LogP contribution in [0.3, 0.4) is 0 Å². The lowest BCUT2D eigenvalue weighted by atomic mass is 10.1. The zero-order chi connectivity index (χ0) is 14.4. The molecule has 0 aliphatic rings. The van der Waals surface area contributed by atoms with Gasteiger partial charge in [-0.2, -0.15) is 0 Å². The summed E-state index contributed by atoms with van der Waals surface area (Å²) in [6.07, 6.45) is 0.904. The fourth-order valence-electron chi connectivity index (χ4n) is 1.70. The fraction of sp³-hybridized carbons (Fsp3) is 0.533. The van der Waals surface area contributed by atoms with E-state index in [4.69, 9.17) is 10.5 Å². The standard InChI is InChI=1S/C15H24N2O2/c1-5-11(3)17-15(18)9-19-14-8-10(2)6-7-13(14)12(4)16/h6-8,11-12H,5,9,16H2,1-4H3,(H,17,18). The van der Waals surface area contributed by atoms with Crippen LogP contribution in [0.2, 0.25) is 0 Å². The van der Waals surface area contributed by atoms with E-state index in [9.17, 15) is 4.79 Å². The van der Waals surface area contributed by atoms with Crippen molar-refractivity contribution in [2.24, 2.45) is 5.73 Å². The Balaban J connectivity index is 2.66. The fourth-order valence-corrected chi connectivity index (χ4v) is 1.70. The molecule has 0 saturated carbocycles. The Kier molecular flexibility index (Phi) is 5.83. The number of benzene rings is 1. The zero-order valence-electron chi connectivity index (χ0n) is 12.2. The molecule has 2 atom stereocenters. The molecule has 2 unspecified atom stereocenters. The number of ether oxygens (including phenoxy) is 1. The monoisotopic (exact) mass is 264 g/mol. The van der Waals surface area contributed by atoms with Crippen molar-refractivity contribution in [3.63, 3.8) is 0 Å². The highest BCUT2D eigenvalue weighted by atomic mass is 16.5. The molecular formula is C15H24N2O2. The molecule has 4 nitrogen and oxygen atoms in total. The van der Waals surface area contributed by atoms with Gasteiger partial charge >= 0.3 is 0 Å². The summed E-state index contributed by atoms with van der Waals surface area (Å²) in [5.41, 5.74) is 7.90. The predicted molar refractivity (Wildman–Crippen MR) is 77.2 cm³/mol. The van der Waals surface area contributed by atoms with Crippen LogP contribution in [0.15, 0.2) is 18.2 Å². The van der Waals surface area contributed by atoms with E-state index in [-0.39, 0.29) is 24.6 Å². The largest absolute Gasteiger partial charge is 0.483 e. The lowest BCUT2D eigenvalue weighted by molar-refractivity contribution is -0.123. The second kappa shape index (κ2) is 7.14. The van der Waals surface area contributed by atoms with Gasteiger partial charge in [0.25, 0.3) is 5.91 Å².